The Bertz CT molecular complexity index is 486. The molecule has 1 aromatic carbocycles. The maximum atomic E-state index is 13.3. The molecule has 0 spiro atoms. The summed E-state index contributed by atoms with van der Waals surface area (Å²) >= 11 is 0. The molecule has 0 radical (unpaired) electrons. The molecule has 2 N–H and O–H groups in total. The van der Waals surface area contributed by atoms with Crippen molar-refractivity contribution in [1.82, 2.24) is 5.32 Å². The van der Waals surface area contributed by atoms with Gasteiger partial charge in [-0.2, -0.15) is 0 Å². The summed E-state index contributed by atoms with van der Waals surface area (Å²) in [5, 5.41) is 12.9. The van der Waals surface area contributed by atoms with E-state index < -0.39 is 0 Å². The maximum Gasteiger partial charge on any atom is 0.123 e. The van der Waals surface area contributed by atoms with Crippen LogP contribution >= 0.6 is 0 Å². The lowest BCUT2D eigenvalue weighted by atomic mass is 9.82. The second kappa shape index (κ2) is 6.42. The molecule has 0 saturated carbocycles. The number of rotatable bonds is 5. The third-order valence-corrected chi connectivity index (χ3v) is 4.97. The van der Waals surface area contributed by atoms with Gasteiger partial charge in [-0.05, 0) is 55.4 Å². The highest BCUT2D eigenvalue weighted by Gasteiger charge is 2.35. The molecular formula is C17H24FNO2. The minimum atomic E-state index is -0.143. The molecule has 1 heterocycles. The van der Waals surface area contributed by atoms with Gasteiger partial charge in [-0.15, -0.1) is 0 Å². The molecule has 21 heavy (non-hydrogen) atoms. The van der Waals surface area contributed by atoms with E-state index in [4.69, 9.17) is 4.74 Å². The lowest BCUT2D eigenvalue weighted by Gasteiger charge is -2.32. The van der Waals surface area contributed by atoms with E-state index in [9.17, 15) is 9.50 Å². The van der Waals surface area contributed by atoms with Gasteiger partial charge in [0, 0.05) is 31.2 Å². The summed E-state index contributed by atoms with van der Waals surface area (Å²) in [5.74, 6) is -0.143. The van der Waals surface area contributed by atoms with Crippen LogP contribution in [0.15, 0.2) is 18.2 Å². The second-order valence-corrected chi connectivity index (χ2v) is 6.45. The normalized spacial score (nSPS) is 28.6. The molecule has 1 aliphatic heterocycles. The van der Waals surface area contributed by atoms with Gasteiger partial charge in [0.1, 0.15) is 5.82 Å². The van der Waals surface area contributed by atoms with Crippen LogP contribution in [0, 0.1) is 11.2 Å². The van der Waals surface area contributed by atoms with Crippen molar-refractivity contribution in [3.8, 4) is 0 Å². The van der Waals surface area contributed by atoms with E-state index in [1.54, 1.807) is 12.1 Å². The molecule has 3 nitrogen and oxygen atoms in total. The summed E-state index contributed by atoms with van der Waals surface area (Å²) < 4.78 is 18.9. The van der Waals surface area contributed by atoms with Gasteiger partial charge in [-0.3, -0.25) is 0 Å². The highest BCUT2D eigenvalue weighted by atomic mass is 19.1. The summed E-state index contributed by atoms with van der Waals surface area (Å²) in [7, 11) is 0. The number of hydrogen-bond donors (Lipinski definition) is 2. The van der Waals surface area contributed by atoms with Crippen LogP contribution < -0.4 is 5.32 Å². The molecule has 0 unspecified atom stereocenters. The van der Waals surface area contributed by atoms with E-state index in [1.165, 1.54) is 5.56 Å². The predicted octanol–water partition coefficient (Wildman–Crippen LogP) is 2.58. The number of aryl methyl sites for hydroxylation is 1. The maximum absolute atomic E-state index is 13.3. The summed E-state index contributed by atoms with van der Waals surface area (Å²) in [4.78, 5) is 0. The second-order valence-electron chi connectivity index (χ2n) is 6.45. The summed E-state index contributed by atoms with van der Waals surface area (Å²) in [6.45, 7) is 2.57. The molecule has 1 aliphatic carbocycles. The topological polar surface area (TPSA) is 41.5 Å². The van der Waals surface area contributed by atoms with Crippen molar-refractivity contribution >= 4 is 0 Å². The number of nitrogens with one attached hydrogen (secondary N) is 1. The highest BCUT2D eigenvalue weighted by molar-refractivity contribution is 5.32. The molecule has 2 aliphatic rings. The Labute approximate surface area is 125 Å². The van der Waals surface area contributed by atoms with Crippen LogP contribution in [0.1, 0.15) is 42.9 Å². The van der Waals surface area contributed by atoms with Gasteiger partial charge in [-0.1, -0.05) is 6.07 Å². The first-order valence-corrected chi connectivity index (χ1v) is 7.93. The fourth-order valence-electron chi connectivity index (χ4n) is 3.65. The largest absolute Gasteiger partial charge is 0.396 e. The van der Waals surface area contributed by atoms with Crippen LogP contribution in [0.2, 0.25) is 0 Å². The Hall–Kier alpha value is -0.970. The van der Waals surface area contributed by atoms with E-state index in [1.807, 2.05) is 6.07 Å². The summed E-state index contributed by atoms with van der Waals surface area (Å²) in [5.41, 5.74) is 2.44. The van der Waals surface area contributed by atoms with Crippen molar-refractivity contribution in [2.45, 2.75) is 38.1 Å². The third-order valence-electron chi connectivity index (χ3n) is 4.97. The Kier molecular flexibility index (Phi) is 4.57. The van der Waals surface area contributed by atoms with E-state index in [-0.39, 0.29) is 17.8 Å². The van der Waals surface area contributed by atoms with Gasteiger partial charge in [0.25, 0.3) is 0 Å². The molecule has 2 atom stereocenters. The number of ether oxygens (including phenoxy) is 1. The standard InChI is InChI=1S/C17H24FNO2/c18-14-4-5-15-13(10-14)2-1-3-16(15)19-11-17(6-8-20)7-9-21-12-17/h4-5,10,16,19-20H,1-3,6-9,11-12H2/t16-,17+/m0/s1. The fraction of sp³-hybridized carbons (Fsp3) is 0.647. The Balaban J connectivity index is 1.69. The lowest BCUT2D eigenvalue weighted by molar-refractivity contribution is 0.121. The smallest absolute Gasteiger partial charge is 0.123 e. The molecule has 1 saturated heterocycles. The van der Waals surface area contributed by atoms with Crippen LogP contribution in [0.3, 0.4) is 0 Å². The van der Waals surface area contributed by atoms with Crippen LogP contribution in [-0.2, 0) is 11.2 Å². The van der Waals surface area contributed by atoms with Gasteiger partial charge in [0.15, 0.2) is 0 Å². The third kappa shape index (κ3) is 3.28. The summed E-state index contributed by atoms with van der Waals surface area (Å²) in [6, 6.07) is 5.45. The molecule has 1 aromatic rings. The quantitative estimate of drug-likeness (QED) is 0.877. The molecule has 3 rings (SSSR count). The molecule has 0 aromatic heterocycles. The van der Waals surface area contributed by atoms with Crippen LogP contribution in [-0.4, -0.2) is 31.5 Å². The number of aliphatic hydroxyl groups excluding tert-OH is 1. The lowest BCUT2D eigenvalue weighted by Crippen LogP contribution is -2.38. The SMILES string of the molecule is OCC[C@]1(CN[C@H]2CCCc3cc(F)ccc32)CCOC1. The number of fused-ring (bicyclic) bond motifs is 1. The van der Waals surface area contributed by atoms with Gasteiger partial charge in [0.2, 0.25) is 0 Å². The summed E-state index contributed by atoms with van der Waals surface area (Å²) in [6.07, 6.45) is 4.94. The van der Waals surface area contributed by atoms with Crippen molar-refractivity contribution in [3.63, 3.8) is 0 Å². The van der Waals surface area contributed by atoms with Crippen LogP contribution in [0.5, 0.6) is 0 Å². The van der Waals surface area contributed by atoms with Crippen LogP contribution in [0.4, 0.5) is 4.39 Å². The van der Waals surface area contributed by atoms with Crippen molar-refractivity contribution in [1.29, 1.82) is 0 Å². The van der Waals surface area contributed by atoms with Crippen molar-refractivity contribution in [2.75, 3.05) is 26.4 Å². The van der Waals surface area contributed by atoms with E-state index >= 15 is 0 Å². The Morgan fingerprint density at radius 3 is 3.10 bits per heavy atom. The average Bonchev–Trinajstić information content (AvgIpc) is 2.94. The molecule has 0 amide bonds. The van der Waals surface area contributed by atoms with Crippen molar-refractivity contribution in [2.24, 2.45) is 5.41 Å². The predicted molar refractivity (Wildman–Crippen MR) is 79.7 cm³/mol. The van der Waals surface area contributed by atoms with Gasteiger partial charge in [-0.25, -0.2) is 4.39 Å². The fourth-order valence-corrected chi connectivity index (χ4v) is 3.65. The molecule has 0 bridgehead atoms. The molecule has 1 fully saturated rings. The van der Waals surface area contributed by atoms with Gasteiger partial charge < -0.3 is 15.2 Å². The first-order chi connectivity index (χ1) is 10.2. The molecular weight excluding hydrogens is 269 g/mol. The monoisotopic (exact) mass is 293 g/mol. The molecule has 4 heteroatoms. The zero-order valence-electron chi connectivity index (χ0n) is 12.4. The van der Waals surface area contributed by atoms with Gasteiger partial charge in [0.05, 0.1) is 6.61 Å². The number of aliphatic hydroxyl groups is 1. The number of benzene rings is 1. The minimum absolute atomic E-state index is 0.0619. The number of hydrogen-bond acceptors (Lipinski definition) is 3. The van der Waals surface area contributed by atoms with Crippen LogP contribution in [0.25, 0.3) is 0 Å². The molecule has 116 valence electrons. The first-order valence-electron chi connectivity index (χ1n) is 7.93. The zero-order chi connectivity index (χ0) is 14.7. The Morgan fingerprint density at radius 2 is 2.33 bits per heavy atom. The van der Waals surface area contributed by atoms with E-state index in [0.29, 0.717) is 6.04 Å². The van der Waals surface area contributed by atoms with E-state index in [2.05, 4.69) is 5.32 Å². The van der Waals surface area contributed by atoms with E-state index in [0.717, 1.165) is 57.4 Å². The van der Waals surface area contributed by atoms with Gasteiger partial charge >= 0.3 is 0 Å². The average molecular weight is 293 g/mol. The first kappa shape index (κ1) is 14.9. The van der Waals surface area contributed by atoms with Crippen molar-refractivity contribution in [3.05, 3.63) is 35.1 Å². The van der Waals surface area contributed by atoms with Crippen molar-refractivity contribution < 1.29 is 14.2 Å². The number of halogens is 1. The minimum Gasteiger partial charge on any atom is -0.396 e. The highest BCUT2D eigenvalue weighted by Crippen LogP contribution is 2.35. The zero-order valence-corrected chi connectivity index (χ0v) is 12.4. The Morgan fingerprint density at radius 1 is 1.43 bits per heavy atom.